The van der Waals surface area contributed by atoms with Crippen LogP contribution in [-0.2, 0) is 16.1 Å². The van der Waals surface area contributed by atoms with Gasteiger partial charge in [0.05, 0.1) is 23.4 Å². The molecule has 1 aliphatic rings. The van der Waals surface area contributed by atoms with Crippen molar-refractivity contribution in [3.8, 4) is 11.6 Å². The van der Waals surface area contributed by atoms with Crippen molar-refractivity contribution < 1.29 is 14.0 Å². The van der Waals surface area contributed by atoms with Gasteiger partial charge >= 0.3 is 0 Å². The van der Waals surface area contributed by atoms with E-state index in [0.717, 1.165) is 0 Å². The summed E-state index contributed by atoms with van der Waals surface area (Å²) in [5.74, 6) is 1.37. The Bertz CT molecular complexity index is 1100. The minimum absolute atomic E-state index is 0.124. The third kappa shape index (κ3) is 3.97. The molecule has 0 saturated carbocycles. The highest BCUT2D eigenvalue weighted by molar-refractivity contribution is 7.99. The van der Waals surface area contributed by atoms with Crippen molar-refractivity contribution in [2.45, 2.75) is 44.9 Å². The molecule has 9 heteroatoms. The number of carbonyl (C=O) groups is 2. The van der Waals surface area contributed by atoms with E-state index in [1.807, 2.05) is 28.8 Å². The summed E-state index contributed by atoms with van der Waals surface area (Å²) in [5, 5.41) is 12.1. The van der Waals surface area contributed by atoms with E-state index in [1.165, 1.54) is 11.8 Å². The van der Waals surface area contributed by atoms with Gasteiger partial charge in [0.1, 0.15) is 5.54 Å². The van der Waals surface area contributed by atoms with Gasteiger partial charge in [-0.15, -0.1) is 10.2 Å². The highest BCUT2D eigenvalue weighted by Gasteiger charge is 2.43. The first-order valence-electron chi connectivity index (χ1n) is 10.1. The molecular weight excluding hydrogens is 414 g/mol. The molecule has 1 aliphatic heterocycles. The second-order valence-electron chi connectivity index (χ2n) is 8.34. The maximum atomic E-state index is 13.3. The Balaban J connectivity index is 1.60. The van der Waals surface area contributed by atoms with Crippen molar-refractivity contribution in [2.75, 3.05) is 16.0 Å². The van der Waals surface area contributed by atoms with E-state index in [9.17, 15) is 9.59 Å². The zero-order chi connectivity index (χ0) is 22.2. The van der Waals surface area contributed by atoms with Crippen LogP contribution in [0.2, 0.25) is 0 Å². The maximum Gasteiger partial charge on any atom is 0.250 e. The van der Waals surface area contributed by atoms with Gasteiger partial charge in [0.15, 0.2) is 16.7 Å². The van der Waals surface area contributed by atoms with Gasteiger partial charge < -0.3 is 9.73 Å². The summed E-state index contributed by atoms with van der Waals surface area (Å²) in [7, 11) is 0. The number of hydrogen-bond donors (Lipinski definition) is 1. The van der Waals surface area contributed by atoms with Gasteiger partial charge in [0.25, 0.3) is 0 Å². The highest BCUT2D eigenvalue weighted by Crippen LogP contribution is 2.37. The van der Waals surface area contributed by atoms with Gasteiger partial charge in [0, 0.05) is 6.54 Å². The molecule has 1 N–H and O–H groups in total. The molecule has 0 bridgehead atoms. The van der Waals surface area contributed by atoms with Crippen molar-refractivity contribution in [2.24, 2.45) is 5.92 Å². The lowest BCUT2D eigenvalue weighted by atomic mass is 9.96. The molecule has 0 radical (unpaired) electrons. The molecule has 3 aromatic rings. The number of anilines is 2. The summed E-state index contributed by atoms with van der Waals surface area (Å²) in [5.41, 5.74) is 0.322. The molecule has 8 nitrogen and oxygen atoms in total. The molecular formula is C22H25N5O3S. The van der Waals surface area contributed by atoms with Gasteiger partial charge in [-0.3, -0.25) is 19.1 Å². The number of thioether (sulfide) groups is 1. The molecule has 2 aromatic heterocycles. The van der Waals surface area contributed by atoms with E-state index < -0.39 is 5.54 Å². The van der Waals surface area contributed by atoms with Crippen molar-refractivity contribution in [1.29, 1.82) is 0 Å². The topological polar surface area (TPSA) is 93.3 Å². The third-order valence-electron chi connectivity index (χ3n) is 5.09. The van der Waals surface area contributed by atoms with Gasteiger partial charge in [-0.25, -0.2) is 0 Å². The maximum absolute atomic E-state index is 13.3. The zero-order valence-corrected chi connectivity index (χ0v) is 18.8. The summed E-state index contributed by atoms with van der Waals surface area (Å²) >= 11 is 1.31. The molecule has 3 heterocycles. The standard InChI is InChI=1S/C22H25N5O3S/c1-14(2)12-26-19(17-10-7-11-30-17)24-25-21(26)31-13-18(28)27-16-9-6-5-8-15(16)23-20(29)22(27,3)4/h5-11,14H,12-13H2,1-4H3,(H,23,29). The fraction of sp³-hybridized carbons (Fsp3) is 0.364. The van der Waals surface area contributed by atoms with Gasteiger partial charge in [0.2, 0.25) is 11.8 Å². The van der Waals surface area contributed by atoms with Crippen molar-refractivity contribution in [1.82, 2.24) is 14.8 Å². The molecule has 0 spiro atoms. The average Bonchev–Trinajstić information content (AvgIpc) is 3.36. The molecule has 0 unspecified atom stereocenters. The molecule has 0 atom stereocenters. The second-order valence-corrected chi connectivity index (χ2v) is 9.28. The summed E-state index contributed by atoms with van der Waals surface area (Å²) < 4.78 is 7.48. The largest absolute Gasteiger partial charge is 0.461 e. The van der Waals surface area contributed by atoms with Gasteiger partial charge in [-0.2, -0.15) is 0 Å². The van der Waals surface area contributed by atoms with E-state index in [-0.39, 0.29) is 17.6 Å². The van der Waals surface area contributed by atoms with Crippen LogP contribution in [0.3, 0.4) is 0 Å². The van der Waals surface area contributed by atoms with E-state index in [0.29, 0.717) is 40.6 Å². The number of rotatable bonds is 6. The minimum Gasteiger partial charge on any atom is -0.461 e. The Kier molecular flexibility index (Phi) is 5.62. The van der Waals surface area contributed by atoms with Crippen LogP contribution in [0.4, 0.5) is 11.4 Å². The Labute approximate surface area is 185 Å². The van der Waals surface area contributed by atoms with Crippen molar-refractivity contribution in [3.05, 3.63) is 42.7 Å². The lowest BCUT2D eigenvalue weighted by Gasteiger charge is -2.42. The lowest BCUT2D eigenvalue weighted by molar-refractivity contribution is -0.125. The zero-order valence-electron chi connectivity index (χ0n) is 18.0. The average molecular weight is 440 g/mol. The third-order valence-corrected chi connectivity index (χ3v) is 6.04. The number of para-hydroxylation sites is 2. The number of benzene rings is 1. The summed E-state index contributed by atoms with van der Waals surface area (Å²) in [6.45, 7) is 8.41. The van der Waals surface area contributed by atoms with Crippen LogP contribution in [0, 0.1) is 5.92 Å². The van der Waals surface area contributed by atoms with E-state index in [4.69, 9.17) is 4.42 Å². The van der Waals surface area contributed by atoms with Crippen LogP contribution in [0.15, 0.2) is 52.2 Å². The minimum atomic E-state index is -1.00. The van der Waals surface area contributed by atoms with Crippen LogP contribution >= 0.6 is 11.8 Å². The Morgan fingerprint density at radius 2 is 1.97 bits per heavy atom. The molecule has 2 amide bonds. The van der Waals surface area contributed by atoms with Crippen LogP contribution in [0.25, 0.3) is 11.6 Å². The second kappa shape index (κ2) is 8.22. The fourth-order valence-electron chi connectivity index (χ4n) is 3.60. The molecule has 31 heavy (non-hydrogen) atoms. The van der Waals surface area contributed by atoms with E-state index in [1.54, 1.807) is 37.1 Å². The normalized spacial score (nSPS) is 15.1. The van der Waals surface area contributed by atoms with Gasteiger partial charge in [-0.05, 0) is 44.0 Å². The smallest absolute Gasteiger partial charge is 0.250 e. The molecule has 0 saturated heterocycles. The SMILES string of the molecule is CC(C)Cn1c(SCC(=O)N2c3ccccc3NC(=O)C2(C)C)nnc1-c1ccco1. The highest BCUT2D eigenvalue weighted by atomic mass is 32.2. The molecule has 4 rings (SSSR count). The number of nitrogens with one attached hydrogen (secondary N) is 1. The van der Waals surface area contributed by atoms with Crippen LogP contribution in [0.1, 0.15) is 27.7 Å². The monoisotopic (exact) mass is 439 g/mol. The predicted octanol–water partition coefficient (Wildman–Crippen LogP) is 4.05. The van der Waals surface area contributed by atoms with E-state index in [2.05, 4.69) is 29.4 Å². The number of amides is 2. The Morgan fingerprint density at radius 1 is 1.19 bits per heavy atom. The first-order chi connectivity index (χ1) is 14.8. The Hall–Kier alpha value is -3.07. The number of aromatic nitrogens is 3. The predicted molar refractivity (Wildman–Crippen MR) is 120 cm³/mol. The molecule has 0 aliphatic carbocycles. The number of fused-ring (bicyclic) bond motifs is 1. The first kappa shape index (κ1) is 21.2. The fourth-order valence-corrected chi connectivity index (χ4v) is 4.40. The molecule has 162 valence electrons. The summed E-state index contributed by atoms with van der Waals surface area (Å²) in [6, 6.07) is 11.0. The van der Waals surface area contributed by atoms with E-state index >= 15 is 0 Å². The van der Waals surface area contributed by atoms with Crippen molar-refractivity contribution in [3.63, 3.8) is 0 Å². The Morgan fingerprint density at radius 3 is 2.68 bits per heavy atom. The quantitative estimate of drug-likeness (QED) is 0.583. The first-order valence-corrected chi connectivity index (χ1v) is 11.1. The molecule has 0 fully saturated rings. The summed E-state index contributed by atoms with van der Waals surface area (Å²) in [4.78, 5) is 27.5. The van der Waals surface area contributed by atoms with Crippen molar-refractivity contribution >= 4 is 35.0 Å². The van der Waals surface area contributed by atoms with Crippen LogP contribution < -0.4 is 10.2 Å². The number of hydrogen-bond acceptors (Lipinski definition) is 6. The number of carbonyl (C=O) groups excluding carboxylic acids is 2. The van der Waals surface area contributed by atoms with Crippen LogP contribution in [-0.4, -0.2) is 37.9 Å². The lowest BCUT2D eigenvalue weighted by Crippen LogP contribution is -2.59. The molecule has 1 aromatic carbocycles. The van der Waals surface area contributed by atoms with Crippen LogP contribution in [0.5, 0.6) is 0 Å². The number of furan rings is 1. The number of nitrogens with zero attached hydrogens (tertiary/aromatic N) is 4. The van der Waals surface area contributed by atoms with Gasteiger partial charge in [-0.1, -0.05) is 37.7 Å². The summed E-state index contributed by atoms with van der Waals surface area (Å²) in [6.07, 6.45) is 1.60.